The first-order valence-electron chi connectivity index (χ1n) is 6.34. The third kappa shape index (κ3) is 3.41. The molecule has 0 heterocycles. The van der Waals surface area contributed by atoms with Crippen molar-refractivity contribution in [1.29, 1.82) is 5.26 Å². The number of amides is 1. The monoisotopic (exact) mass is 343 g/mol. The molecule has 2 N–H and O–H groups in total. The number of rotatable bonds is 3. The molecule has 0 aliphatic carbocycles. The van der Waals surface area contributed by atoms with E-state index in [4.69, 9.17) is 5.26 Å². The average molecular weight is 344 g/mol. The van der Waals surface area contributed by atoms with E-state index in [2.05, 4.69) is 32.6 Å². The van der Waals surface area contributed by atoms with Crippen LogP contribution in [0, 0.1) is 18.3 Å². The molecule has 106 valence electrons. The molecule has 5 heteroatoms. The molecule has 0 spiro atoms. The van der Waals surface area contributed by atoms with Crippen LogP contribution in [0.3, 0.4) is 0 Å². The predicted octanol–water partition coefficient (Wildman–Crippen LogP) is 3.92. The molecule has 4 nitrogen and oxygen atoms in total. The molecule has 1 amide bonds. The van der Waals surface area contributed by atoms with Crippen LogP contribution in [0.1, 0.15) is 21.5 Å². The second kappa shape index (κ2) is 6.42. The van der Waals surface area contributed by atoms with Gasteiger partial charge in [-0.2, -0.15) is 5.26 Å². The molecule has 0 fully saturated rings. The maximum atomic E-state index is 12.4. The Labute approximate surface area is 131 Å². The Kier molecular flexibility index (Phi) is 4.61. The molecule has 0 aliphatic rings. The zero-order valence-corrected chi connectivity index (χ0v) is 13.3. The van der Waals surface area contributed by atoms with E-state index in [-0.39, 0.29) is 5.91 Å². The van der Waals surface area contributed by atoms with E-state index >= 15 is 0 Å². The topological polar surface area (TPSA) is 64.9 Å². The minimum Gasteiger partial charge on any atom is -0.387 e. The average Bonchev–Trinajstić information content (AvgIpc) is 2.48. The summed E-state index contributed by atoms with van der Waals surface area (Å²) >= 11 is 3.31. The van der Waals surface area contributed by atoms with Gasteiger partial charge in [-0.25, -0.2) is 0 Å². The fourth-order valence-electron chi connectivity index (χ4n) is 1.97. The molecule has 2 aromatic rings. The van der Waals surface area contributed by atoms with Crippen molar-refractivity contribution in [1.82, 2.24) is 0 Å². The summed E-state index contributed by atoms with van der Waals surface area (Å²) in [6.07, 6.45) is 0. The van der Waals surface area contributed by atoms with Crippen LogP contribution in [-0.4, -0.2) is 13.0 Å². The SMILES string of the molecule is CNc1cc(C)ccc1C(=O)Nc1ccc(Br)cc1C#N. The number of benzene rings is 2. The van der Waals surface area contributed by atoms with E-state index in [0.717, 1.165) is 15.7 Å². The lowest BCUT2D eigenvalue weighted by atomic mass is 10.1. The van der Waals surface area contributed by atoms with Gasteiger partial charge < -0.3 is 10.6 Å². The first kappa shape index (κ1) is 15.1. The largest absolute Gasteiger partial charge is 0.387 e. The standard InChI is InChI=1S/C16H14BrN3O/c1-10-3-5-13(15(7-10)19-2)16(21)20-14-6-4-12(17)8-11(14)9-18/h3-8,19H,1-2H3,(H,20,21). The van der Waals surface area contributed by atoms with Gasteiger partial charge in [-0.15, -0.1) is 0 Å². The van der Waals surface area contributed by atoms with Crippen LogP contribution in [0.25, 0.3) is 0 Å². The molecule has 0 atom stereocenters. The number of halogens is 1. The summed E-state index contributed by atoms with van der Waals surface area (Å²) in [5.74, 6) is -0.252. The van der Waals surface area contributed by atoms with Gasteiger partial charge in [0.1, 0.15) is 6.07 Å². The molecule has 0 saturated carbocycles. The lowest BCUT2D eigenvalue weighted by Crippen LogP contribution is -2.15. The summed E-state index contributed by atoms with van der Waals surface area (Å²) in [7, 11) is 1.77. The second-order valence-electron chi connectivity index (χ2n) is 4.55. The number of nitrogens with one attached hydrogen (secondary N) is 2. The summed E-state index contributed by atoms with van der Waals surface area (Å²) in [4.78, 5) is 12.4. The first-order chi connectivity index (χ1) is 10.0. The zero-order chi connectivity index (χ0) is 15.4. The predicted molar refractivity (Wildman–Crippen MR) is 87.5 cm³/mol. The molecule has 2 aromatic carbocycles. The molecular formula is C16H14BrN3O. The van der Waals surface area contributed by atoms with Gasteiger partial charge in [-0.05, 0) is 42.8 Å². The Bertz CT molecular complexity index is 735. The fraction of sp³-hybridized carbons (Fsp3) is 0.125. The van der Waals surface area contributed by atoms with Crippen LogP contribution in [0.4, 0.5) is 11.4 Å². The molecule has 0 bridgehead atoms. The number of nitrogens with zero attached hydrogens (tertiary/aromatic N) is 1. The van der Waals surface area contributed by atoms with E-state index in [1.165, 1.54) is 0 Å². The molecular weight excluding hydrogens is 330 g/mol. The number of carbonyl (C=O) groups excluding carboxylic acids is 1. The van der Waals surface area contributed by atoms with E-state index < -0.39 is 0 Å². The minimum absolute atomic E-state index is 0.252. The van der Waals surface area contributed by atoms with Gasteiger partial charge in [0.05, 0.1) is 16.8 Å². The highest BCUT2D eigenvalue weighted by atomic mass is 79.9. The van der Waals surface area contributed by atoms with Crippen molar-refractivity contribution in [2.24, 2.45) is 0 Å². The Morgan fingerprint density at radius 1 is 1.19 bits per heavy atom. The van der Waals surface area contributed by atoms with E-state index in [9.17, 15) is 4.79 Å². The van der Waals surface area contributed by atoms with Crippen molar-refractivity contribution in [2.75, 3.05) is 17.7 Å². The Morgan fingerprint density at radius 2 is 1.95 bits per heavy atom. The number of anilines is 2. The van der Waals surface area contributed by atoms with Gasteiger partial charge in [0.25, 0.3) is 5.91 Å². The van der Waals surface area contributed by atoms with Gasteiger partial charge in [0.15, 0.2) is 0 Å². The summed E-state index contributed by atoms with van der Waals surface area (Å²) in [5, 5.41) is 14.9. The van der Waals surface area contributed by atoms with Crippen molar-refractivity contribution in [3.63, 3.8) is 0 Å². The summed E-state index contributed by atoms with van der Waals surface area (Å²) in [6, 6.07) is 12.8. The molecule has 2 rings (SSSR count). The number of hydrogen-bond acceptors (Lipinski definition) is 3. The zero-order valence-electron chi connectivity index (χ0n) is 11.7. The molecule has 0 saturated heterocycles. The quantitative estimate of drug-likeness (QED) is 0.887. The molecule has 21 heavy (non-hydrogen) atoms. The molecule has 0 radical (unpaired) electrons. The molecule has 0 aromatic heterocycles. The maximum Gasteiger partial charge on any atom is 0.257 e. The normalized spacial score (nSPS) is 9.81. The van der Waals surface area contributed by atoms with Crippen molar-refractivity contribution < 1.29 is 4.79 Å². The summed E-state index contributed by atoms with van der Waals surface area (Å²) in [6.45, 7) is 1.96. The third-order valence-corrected chi connectivity index (χ3v) is 3.53. The van der Waals surface area contributed by atoms with Crippen molar-refractivity contribution in [2.45, 2.75) is 6.92 Å². The van der Waals surface area contributed by atoms with E-state index in [0.29, 0.717) is 16.8 Å². The minimum atomic E-state index is -0.252. The number of hydrogen-bond donors (Lipinski definition) is 2. The maximum absolute atomic E-state index is 12.4. The van der Waals surface area contributed by atoms with Gasteiger partial charge in [-0.1, -0.05) is 22.0 Å². The second-order valence-corrected chi connectivity index (χ2v) is 5.47. The third-order valence-electron chi connectivity index (χ3n) is 3.04. The van der Waals surface area contributed by atoms with Gasteiger partial charge in [-0.3, -0.25) is 4.79 Å². The van der Waals surface area contributed by atoms with Gasteiger partial charge in [0.2, 0.25) is 0 Å². The van der Waals surface area contributed by atoms with Crippen LogP contribution in [0.2, 0.25) is 0 Å². The van der Waals surface area contributed by atoms with Crippen LogP contribution >= 0.6 is 15.9 Å². The number of carbonyl (C=O) groups is 1. The summed E-state index contributed by atoms with van der Waals surface area (Å²) < 4.78 is 0.795. The van der Waals surface area contributed by atoms with Crippen molar-refractivity contribution in [3.8, 4) is 6.07 Å². The van der Waals surface area contributed by atoms with E-state index in [1.807, 2.05) is 19.1 Å². The number of nitriles is 1. The molecule has 0 aliphatic heterocycles. The Hall–Kier alpha value is -2.32. The molecule has 0 unspecified atom stereocenters. The highest BCUT2D eigenvalue weighted by Gasteiger charge is 2.13. The fourth-order valence-corrected chi connectivity index (χ4v) is 2.33. The first-order valence-corrected chi connectivity index (χ1v) is 7.14. The highest BCUT2D eigenvalue weighted by Crippen LogP contribution is 2.23. The van der Waals surface area contributed by atoms with Gasteiger partial charge in [0, 0.05) is 17.2 Å². The summed E-state index contributed by atoms with van der Waals surface area (Å²) in [5.41, 5.74) is 3.26. The van der Waals surface area contributed by atoms with Crippen LogP contribution in [-0.2, 0) is 0 Å². The Morgan fingerprint density at radius 3 is 2.62 bits per heavy atom. The lowest BCUT2D eigenvalue weighted by molar-refractivity contribution is 0.102. The van der Waals surface area contributed by atoms with Crippen LogP contribution < -0.4 is 10.6 Å². The van der Waals surface area contributed by atoms with E-state index in [1.54, 1.807) is 31.3 Å². The van der Waals surface area contributed by atoms with Crippen LogP contribution in [0.5, 0.6) is 0 Å². The smallest absolute Gasteiger partial charge is 0.257 e. The van der Waals surface area contributed by atoms with Crippen LogP contribution in [0.15, 0.2) is 40.9 Å². The Balaban J connectivity index is 2.33. The van der Waals surface area contributed by atoms with Crippen molar-refractivity contribution in [3.05, 3.63) is 57.6 Å². The lowest BCUT2D eigenvalue weighted by Gasteiger charge is -2.11. The van der Waals surface area contributed by atoms with Crippen molar-refractivity contribution >= 4 is 33.2 Å². The highest BCUT2D eigenvalue weighted by molar-refractivity contribution is 9.10. The van der Waals surface area contributed by atoms with Gasteiger partial charge >= 0.3 is 0 Å². The number of aryl methyl sites for hydroxylation is 1.